The van der Waals surface area contributed by atoms with Crippen LogP contribution in [0.4, 0.5) is 0 Å². The van der Waals surface area contributed by atoms with Gasteiger partial charge in [0.1, 0.15) is 12.2 Å². The molecule has 28 heavy (non-hydrogen) atoms. The third kappa shape index (κ3) is 11.6. The van der Waals surface area contributed by atoms with Crippen LogP contribution in [0.25, 0.3) is 0 Å². The molecule has 0 aliphatic rings. The smallest absolute Gasteiger partial charge is 0.335 e. The fourth-order valence-corrected chi connectivity index (χ4v) is 1.13. The lowest BCUT2D eigenvalue weighted by molar-refractivity contribution is -0.166. The first-order chi connectivity index (χ1) is 13.3. The van der Waals surface area contributed by atoms with Gasteiger partial charge in [0, 0.05) is 51.3 Å². The first-order valence-corrected chi connectivity index (χ1v) is 7.11. The normalized spacial score (nSPS) is 11.8. The first-order valence-electron chi connectivity index (χ1n) is 7.11. The first kappa shape index (κ1) is 26.3. The summed E-state index contributed by atoms with van der Waals surface area (Å²) in [6.45, 7) is 0. The monoisotopic (exact) mass is 406 g/mol. The van der Waals surface area contributed by atoms with E-state index < -0.39 is 36.3 Å². The zero-order chi connectivity index (χ0) is 21.9. The lowest BCUT2D eigenvalue weighted by Gasteiger charge is -2.23. The van der Waals surface area contributed by atoms with E-state index in [2.05, 4.69) is 64.9 Å². The van der Waals surface area contributed by atoms with Crippen molar-refractivity contribution in [2.45, 2.75) is 24.4 Å². The average molecular weight is 407 g/mol. The predicted molar refractivity (Wildman–Crippen MR) is 121 cm³/mol. The van der Waals surface area contributed by atoms with E-state index in [1.54, 1.807) is 0 Å². The maximum absolute atomic E-state index is 11.5. The van der Waals surface area contributed by atoms with Crippen molar-refractivity contribution in [1.29, 1.82) is 0 Å². The van der Waals surface area contributed by atoms with Crippen LogP contribution in [0.15, 0.2) is 0 Å². The molecule has 8 N–H and O–H groups in total. The Bertz CT molecular complexity index is 927. The number of carboxylic acids is 1. The molecule has 0 aliphatic carbocycles. The van der Waals surface area contributed by atoms with Gasteiger partial charge in [-0.3, -0.25) is 10.1 Å². The minimum absolute atomic E-state index is 0. The number of nitrogens with two attached hydrogens (primary N) is 1. The molecule has 0 unspecified atom stereocenters. The van der Waals surface area contributed by atoms with Gasteiger partial charge in [0.15, 0.2) is 12.2 Å². The van der Waals surface area contributed by atoms with Gasteiger partial charge in [0.2, 0.25) is 0 Å². The molecule has 0 spiro atoms. The molecule has 0 aromatic rings. The molecule has 0 aliphatic heterocycles. The molecule has 0 rings (SSSR count). The largest absolute Gasteiger partial charge is 0.479 e. The van der Waals surface area contributed by atoms with Crippen LogP contribution in [0.2, 0.25) is 0 Å². The van der Waals surface area contributed by atoms with E-state index in [0.717, 1.165) is 0 Å². The number of rotatable bonds is 5. The Hall–Kier alpha value is -3.90. The standard InChI is InChI=1S/C18H11NO7.CH5N.11H2/c1-2-3-4-5-6-7-8-9-10-11-12-19-17(24)15(22)13(20)14(21)16(23)18(25)26;1-2;;;;;;;;;;;/h1,13-16,20-23H,(H,19,24)(H,25,26);2H2,1H3;11*1H/t13-,14-,15+,16-;;;;;;;;;;;;/m1............/s1. The molecule has 0 fully saturated rings. The second kappa shape index (κ2) is 16.6. The van der Waals surface area contributed by atoms with Crippen molar-refractivity contribution in [3.05, 3.63) is 0 Å². The highest BCUT2D eigenvalue weighted by Crippen LogP contribution is 2.05. The van der Waals surface area contributed by atoms with Gasteiger partial charge in [0.05, 0.1) is 0 Å². The average Bonchev–Trinajstić information content (AvgIpc) is 2.70. The summed E-state index contributed by atoms with van der Waals surface area (Å²) in [6.07, 6.45) is -4.30. The summed E-state index contributed by atoms with van der Waals surface area (Å²) in [5.41, 5.74) is 4.50. The highest BCUT2D eigenvalue weighted by molar-refractivity contribution is 5.83. The van der Waals surface area contributed by atoms with Crippen molar-refractivity contribution >= 4 is 11.9 Å². The predicted octanol–water partition coefficient (Wildman–Crippen LogP) is -1.48. The van der Waals surface area contributed by atoms with E-state index in [1.807, 2.05) is 11.4 Å². The molecule has 9 heteroatoms. The molecule has 166 valence electrons. The highest BCUT2D eigenvalue weighted by Gasteiger charge is 2.37. The topological polar surface area (TPSA) is 173 Å². The number of terminal acetylenes is 1. The molecule has 0 aromatic carbocycles. The minimum Gasteiger partial charge on any atom is -0.479 e. The van der Waals surface area contributed by atoms with Crippen LogP contribution in [-0.2, 0) is 9.59 Å². The number of carbonyl (C=O) groups is 2. The van der Waals surface area contributed by atoms with Crippen molar-refractivity contribution < 1.29 is 50.8 Å². The van der Waals surface area contributed by atoms with E-state index in [9.17, 15) is 24.9 Å². The number of nitrogens with one attached hydrogen (secondary N) is 1. The SMILES string of the molecule is C#CC#CC#CC#CC#CC#CNC(=O)[C@@H](O)[C@H](O)[C@@H](O)[C@@H](O)C(=O)O.CN.[HH].[HH].[HH].[HH].[HH].[HH].[HH].[HH].[HH].[HH].[HH]. The molecule has 0 saturated carbocycles. The van der Waals surface area contributed by atoms with Crippen LogP contribution < -0.4 is 11.1 Å². The van der Waals surface area contributed by atoms with Crippen LogP contribution in [-0.4, -0.2) is 68.9 Å². The fourth-order valence-electron chi connectivity index (χ4n) is 1.13. The minimum atomic E-state index is -2.39. The van der Waals surface area contributed by atoms with Crippen molar-refractivity contribution in [2.75, 3.05) is 7.05 Å². The number of aliphatic hydroxyl groups excluding tert-OH is 4. The van der Waals surface area contributed by atoms with Crippen molar-refractivity contribution in [2.24, 2.45) is 5.73 Å². The van der Waals surface area contributed by atoms with Gasteiger partial charge in [-0.05, 0) is 36.6 Å². The van der Waals surface area contributed by atoms with Crippen molar-refractivity contribution in [1.82, 2.24) is 5.32 Å². The van der Waals surface area contributed by atoms with Crippen molar-refractivity contribution in [3.8, 4) is 71.7 Å². The molecule has 1 amide bonds. The van der Waals surface area contributed by atoms with E-state index in [-0.39, 0.29) is 15.7 Å². The molecule has 0 radical (unpaired) electrons. The lowest BCUT2D eigenvalue weighted by Crippen LogP contribution is -2.52. The Morgan fingerprint density at radius 1 is 0.821 bits per heavy atom. The summed E-state index contributed by atoms with van der Waals surface area (Å²) in [5, 5.41) is 47.6. The number of carbonyl (C=O) groups excluding carboxylic acids is 1. The molecule has 0 aromatic heterocycles. The second-order valence-corrected chi connectivity index (χ2v) is 4.09. The third-order valence-corrected chi connectivity index (χ3v) is 2.34. The van der Waals surface area contributed by atoms with E-state index in [4.69, 9.17) is 16.6 Å². The summed E-state index contributed by atoms with van der Waals surface area (Å²) in [7, 11) is 1.50. The number of aliphatic carboxylic acids is 1. The number of carboxylic acid groups (broad SMARTS) is 1. The Balaban J connectivity index is -0.0000000461. The van der Waals surface area contributed by atoms with Gasteiger partial charge >= 0.3 is 5.97 Å². The highest BCUT2D eigenvalue weighted by atomic mass is 16.4. The summed E-state index contributed by atoms with van der Waals surface area (Å²) in [4.78, 5) is 21.9. The van der Waals surface area contributed by atoms with Crippen LogP contribution in [0.1, 0.15) is 15.7 Å². The van der Waals surface area contributed by atoms with E-state index in [1.165, 1.54) is 7.05 Å². The molecule has 9 nitrogen and oxygen atoms in total. The second-order valence-electron chi connectivity index (χ2n) is 4.09. The van der Waals surface area contributed by atoms with Gasteiger partial charge in [-0.15, -0.1) is 6.42 Å². The fraction of sp³-hybridized carbons (Fsp3) is 0.263. The van der Waals surface area contributed by atoms with Crippen LogP contribution in [0.3, 0.4) is 0 Å². The van der Waals surface area contributed by atoms with Crippen LogP contribution in [0, 0.1) is 71.7 Å². The molecule has 4 atom stereocenters. The van der Waals surface area contributed by atoms with Gasteiger partial charge in [-0.1, -0.05) is 0 Å². The molecule has 0 saturated heterocycles. The Morgan fingerprint density at radius 3 is 1.64 bits per heavy atom. The van der Waals surface area contributed by atoms with E-state index >= 15 is 0 Å². The molecular weight excluding hydrogens is 368 g/mol. The molecule has 0 heterocycles. The number of amides is 1. The van der Waals surface area contributed by atoms with Crippen LogP contribution in [0.5, 0.6) is 0 Å². The Morgan fingerprint density at radius 2 is 1.21 bits per heavy atom. The summed E-state index contributed by atoms with van der Waals surface area (Å²) < 4.78 is 0. The van der Waals surface area contributed by atoms with Crippen molar-refractivity contribution in [3.63, 3.8) is 0 Å². The zero-order valence-corrected chi connectivity index (χ0v) is 14.5. The van der Waals surface area contributed by atoms with Gasteiger partial charge in [0.25, 0.3) is 5.91 Å². The Kier molecular flexibility index (Phi) is 15.6. The zero-order valence-electron chi connectivity index (χ0n) is 14.5. The number of hydrogen-bond donors (Lipinski definition) is 7. The summed E-state index contributed by atoms with van der Waals surface area (Å²) in [5.74, 6) is 19.5. The summed E-state index contributed by atoms with van der Waals surface area (Å²) in [6, 6.07) is 2.03. The molecular formula is C19H38N2O7. The van der Waals surface area contributed by atoms with Gasteiger partial charge in [-0.25, -0.2) is 4.79 Å². The third-order valence-electron chi connectivity index (χ3n) is 2.34. The summed E-state index contributed by atoms with van der Waals surface area (Å²) >= 11 is 0. The van der Waals surface area contributed by atoms with Gasteiger partial charge in [-0.2, -0.15) is 0 Å². The van der Waals surface area contributed by atoms with Gasteiger partial charge < -0.3 is 31.3 Å². The number of hydrogen-bond acceptors (Lipinski definition) is 7. The van der Waals surface area contributed by atoms with Crippen LogP contribution >= 0.6 is 0 Å². The number of aliphatic hydroxyl groups is 4. The lowest BCUT2D eigenvalue weighted by atomic mass is 10.0. The quantitative estimate of drug-likeness (QED) is 0.214. The maximum atomic E-state index is 11.5. The molecule has 0 bridgehead atoms. The van der Waals surface area contributed by atoms with E-state index in [0.29, 0.717) is 0 Å². The maximum Gasteiger partial charge on any atom is 0.335 e. The Labute approximate surface area is 178 Å².